The summed E-state index contributed by atoms with van der Waals surface area (Å²) in [5, 5.41) is 11.1. The molecule has 124 valence electrons. The molecule has 0 radical (unpaired) electrons. The van der Waals surface area contributed by atoms with Crippen molar-refractivity contribution >= 4 is 0 Å². The first-order valence-corrected chi connectivity index (χ1v) is 8.68. The van der Waals surface area contributed by atoms with E-state index in [4.69, 9.17) is 0 Å². The molecule has 0 heterocycles. The molecule has 0 bridgehead atoms. The Morgan fingerprint density at radius 3 is 2.05 bits per heavy atom. The third kappa shape index (κ3) is 3.73. The lowest BCUT2D eigenvalue weighted by Crippen LogP contribution is -2.52. The molecular weight excluding hydrogens is 256 g/mol. The average Bonchev–Trinajstić information content (AvgIpc) is 2.29. The lowest BCUT2D eigenvalue weighted by molar-refractivity contribution is -0.0668. The Hall–Kier alpha value is -0.300. The summed E-state index contributed by atoms with van der Waals surface area (Å²) in [5.74, 6) is 0. The fourth-order valence-corrected chi connectivity index (χ4v) is 3.83. The van der Waals surface area contributed by atoms with Gasteiger partial charge in [-0.05, 0) is 34.7 Å². The summed E-state index contributed by atoms with van der Waals surface area (Å²) >= 11 is 0. The summed E-state index contributed by atoms with van der Waals surface area (Å²) in [7, 11) is 0. The standard InChI is InChI=1S/C20H38O/c1-10-11-12-19(8)13-15(17(2,3)4)16(21)20(9,14-19)18(5,6)7/h13,16,21H,10-12,14H2,1-9H3. The van der Waals surface area contributed by atoms with Crippen molar-refractivity contribution in [1.82, 2.24) is 0 Å². The smallest absolute Gasteiger partial charge is 0.0814 e. The van der Waals surface area contributed by atoms with E-state index >= 15 is 0 Å². The SMILES string of the molecule is CCCCC1(C)C=C(C(C)(C)C)C(O)C(C)(C(C)(C)C)C1. The number of rotatable bonds is 3. The summed E-state index contributed by atoms with van der Waals surface area (Å²) in [4.78, 5) is 0. The van der Waals surface area contributed by atoms with Crippen LogP contribution in [0.5, 0.6) is 0 Å². The summed E-state index contributed by atoms with van der Waals surface area (Å²) in [6.07, 6.45) is 6.88. The Kier molecular flexibility index (Phi) is 5.11. The number of aliphatic hydroxyl groups excluding tert-OH is 1. The number of hydrogen-bond donors (Lipinski definition) is 1. The maximum atomic E-state index is 11.1. The quantitative estimate of drug-likeness (QED) is 0.635. The highest BCUT2D eigenvalue weighted by Gasteiger charge is 2.52. The van der Waals surface area contributed by atoms with Gasteiger partial charge in [-0.25, -0.2) is 0 Å². The number of allylic oxidation sites excluding steroid dienone is 1. The van der Waals surface area contributed by atoms with Crippen LogP contribution in [-0.4, -0.2) is 11.2 Å². The molecule has 0 aromatic carbocycles. The summed E-state index contributed by atoms with van der Waals surface area (Å²) in [6.45, 7) is 20.5. The van der Waals surface area contributed by atoms with Gasteiger partial charge in [-0.1, -0.05) is 81.2 Å². The maximum absolute atomic E-state index is 11.1. The molecule has 0 spiro atoms. The van der Waals surface area contributed by atoms with E-state index in [9.17, 15) is 5.11 Å². The van der Waals surface area contributed by atoms with E-state index in [1.807, 2.05) is 0 Å². The molecule has 1 nitrogen and oxygen atoms in total. The monoisotopic (exact) mass is 294 g/mol. The molecule has 0 aromatic heterocycles. The minimum atomic E-state index is -0.341. The van der Waals surface area contributed by atoms with Gasteiger partial charge in [-0.2, -0.15) is 0 Å². The van der Waals surface area contributed by atoms with Crippen LogP contribution in [0.3, 0.4) is 0 Å². The Morgan fingerprint density at radius 1 is 1.14 bits per heavy atom. The second-order valence-corrected chi connectivity index (χ2v) is 9.85. The van der Waals surface area contributed by atoms with E-state index in [0.29, 0.717) is 0 Å². The van der Waals surface area contributed by atoms with Crippen LogP contribution < -0.4 is 0 Å². The minimum Gasteiger partial charge on any atom is -0.388 e. The predicted octanol–water partition coefficient (Wildman–Crippen LogP) is 5.97. The van der Waals surface area contributed by atoms with Crippen molar-refractivity contribution in [2.75, 3.05) is 0 Å². The van der Waals surface area contributed by atoms with Gasteiger partial charge in [0.15, 0.2) is 0 Å². The van der Waals surface area contributed by atoms with E-state index in [0.717, 1.165) is 6.42 Å². The molecule has 0 amide bonds. The first-order chi connectivity index (χ1) is 9.27. The highest BCUT2D eigenvalue weighted by molar-refractivity contribution is 5.28. The molecule has 0 saturated heterocycles. The molecule has 1 heteroatoms. The van der Waals surface area contributed by atoms with Crippen molar-refractivity contribution < 1.29 is 5.11 Å². The van der Waals surface area contributed by atoms with Crippen LogP contribution in [0.4, 0.5) is 0 Å². The molecule has 0 aromatic rings. The van der Waals surface area contributed by atoms with E-state index in [1.165, 1.54) is 24.8 Å². The van der Waals surface area contributed by atoms with Crippen LogP contribution in [0, 0.1) is 21.7 Å². The van der Waals surface area contributed by atoms with Crippen molar-refractivity contribution in [1.29, 1.82) is 0 Å². The van der Waals surface area contributed by atoms with E-state index in [2.05, 4.69) is 68.4 Å². The second-order valence-electron chi connectivity index (χ2n) is 9.85. The van der Waals surface area contributed by atoms with Gasteiger partial charge in [-0.15, -0.1) is 0 Å². The predicted molar refractivity (Wildman–Crippen MR) is 93.4 cm³/mol. The molecule has 0 fully saturated rings. The Balaban J connectivity index is 3.36. The molecule has 1 aliphatic carbocycles. The Bertz CT molecular complexity index is 393. The largest absolute Gasteiger partial charge is 0.388 e. The molecule has 0 aliphatic heterocycles. The molecule has 3 unspecified atom stereocenters. The normalized spacial score (nSPS) is 34.8. The Morgan fingerprint density at radius 2 is 1.67 bits per heavy atom. The third-order valence-electron chi connectivity index (χ3n) is 5.85. The highest BCUT2D eigenvalue weighted by atomic mass is 16.3. The van der Waals surface area contributed by atoms with Gasteiger partial charge in [0, 0.05) is 5.41 Å². The molecule has 0 saturated carbocycles. The van der Waals surface area contributed by atoms with E-state index in [-0.39, 0.29) is 27.8 Å². The second kappa shape index (κ2) is 5.72. The zero-order valence-electron chi connectivity index (χ0n) is 15.9. The fraction of sp³-hybridized carbons (Fsp3) is 0.900. The fourth-order valence-electron chi connectivity index (χ4n) is 3.83. The molecule has 21 heavy (non-hydrogen) atoms. The van der Waals surface area contributed by atoms with Crippen LogP contribution in [0.2, 0.25) is 0 Å². The first-order valence-electron chi connectivity index (χ1n) is 8.68. The summed E-state index contributed by atoms with van der Waals surface area (Å²) in [5.41, 5.74) is 1.49. The van der Waals surface area contributed by atoms with E-state index < -0.39 is 0 Å². The van der Waals surface area contributed by atoms with Gasteiger partial charge in [0.25, 0.3) is 0 Å². The average molecular weight is 295 g/mol. The van der Waals surface area contributed by atoms with Crippen molar-refractivity contribution in [2.45, 2.75) is 94.1 Å². The van der Waals surface area contributed by atoms with Crippen molar-refractivity contribution in [2.24, 2.45) is 21.7 Å². The van der Waals surface area contributed by atoms with Crippen LogP contribution in [0.15, 0.2) is 11.6 Å². The number of unbranched alkanes of at least 4 members (excludes halogenated alkanes) is 1. The van der Waals surface area contributed by atoms with Gasteiger partial charge >= 0.3 is 0 Å². The lowest BCUT2D eigenvalue weighted by Gasteiger charge is -2.55. The topological polar surface area (TPSA) is 20.2 Å². The van der Waals surface area contributed by atoms with Crippen LogP contribution in [0.1, 0.15) is 88.0 Å². The minimum absolute atomic E-state index is 0.0276. The zero-order valence-corrected chi connectivity index (χ0v) is 15.9. The number of hydrogen-bond acceptors (Lipinski definition) is 1. The molecule has 1 rings (SSSR count). The summed E-state index contributed by atoms with van der Waals surface area (Å²) < 4.78 is 0. The zero-order chi connectivity index (χ0) is 16.7. The Labute approximate surface area is 133 Å². The molecule has 1 aliphatic rings. The maximum Gasteiger partial charge on any atom is 0.0814 e. The first kappa shape index (κ1) is 18.7. The molecular formula is C20H38O. The number of aliphatic hydroxyl groups is 1. The highest BCUT2D eigenvalue weighted by Crippen LogP contribution is 2.57. The van der Waals surface area contributed by atoms with Crippen molar-refractivity contribution in [3.8, 4) is 0 Å². The van der Waals surface area contributed by atoms with Crippen LogP contribution in [-0.2, 0) is 0 Å². The van der Waals surface area contributed by atoms with Crippen LogP contribution >= 0.6 is 0 Å². The molecule has 1 N–H and O–H groups in total. The van der Waals surface area contributed by atoms with Gasteiger partial charge in [-0.3, -0.25) is 0 Å². The third-order valence-corrected chi connectivity index (χ3v) is 5.85. The summed E-state index contributed by atoms with van der Waals surface area (Å²) in [6, 6.07) is 0. The van der Waals surface area contributed by atoms with Crippen molar-refractivity contribution in [3.05, 3.63) is 11.6 Å². The molecule has 3 atom stereocenters. The lowest BCUT2D eigenvalue weighted by atomic mass is 9.51. The van der Waals surface area contributed by atoms with Gasteiger partial charge in [0.05, 0.1) is 6.10 Å². The van der Waals surface area contributed by atoms with Gasteiger partial charge < -0.3 is 5.11 Å². The van der Waals surface area contributed by atoms with Gasteiger partial charge in [0.2, 0.25) is 0 Å². The van der Waals surface area contributed by atoms with E-state index in [1.54, 1.807) is 0 Å². The van der Waals surface area contributed by atoms with Gasteiger partial charge in [0.1, 0.15) is 0 Å². The van der Waals surface area contributed by atoms with Crippen LogP contribution in [0.25, 0.3) is 0 Å². The van der Waals surface area contributed by atoms with Crippen molar-refractivity contribution in [3.63, 3.8) is 0 Å².